The molecule has 2 amide bonds. The summed E-state index contributed by atoms with van der Waals surface area (Å²) in [6, 6.07) is 13.1. The number of nitrogens with zero attached hydrogens (tertiary/aromatic N) is 2. The average molecular weight is 473 g/mol. The van der Waals surface area contributed by atoms with Crippen molar-refractivity contribution < 1.29 is 18.0 Å². The second-order valence-electron chi connectivity index (χ2n) is 6.86. The quantitative estimate of drug-likeness (QED) is 0.514. The topological polar surface area (TPSA) is 108 Å². The Labute approximate surface area is 191 Å². The van der Waals surface area contributed by atoms with Crippen LogP contribution in [0.5, 0.6) is 0 Å². The smallest absolute Gasteiger partial charge is 0.257 e. The Morgan fingerprint density at radius 2 is 1.59 bits per heavy atom. The number of benzene rings is 2. The van der Waals surface area contributed by atoms with Crippen molar-refractivity contribution in [2.24, 2.45) is 0 Å². The molecular weight excluding hydrogens is 448 g/mol. The fourth-order valence-corrected chi connectivity index (χ4v) is 5.22. The highest BCUT2D eigenvalue weighted by atomic mass is 32.2. The first-order valence-corrected chi connectivity index (χ1v) is 12.3. The summed E-state index contributed by atoms with van der Waals surface area (Å²) in [5.74, 6) is -0.520. The van der Waals surface area contributed by atoms with Crippen LogP contribution in [0.3, 0.4) is 0 Å². The number of rotatable bonds is 8. The van der Waals surface area contributed by atoms with Crippen LogP contribution in [0.25, 0.3) is 11.3 Å². The van der Waals surface area contributed by atoms with Gasteiger partial charge in [-0.05, 0) is 36.4 Å². The van der Waals surface area contributed by atoms with Crippen LogP contribution in [-0.2, 0) is 14.8 Å². The van der Waals surface area contributed by atoms with Gasteiger partial charge in [0, 0.05) is 42.2 Å². The Kier molecular flexibility index (Phi) is 7.39. The summed E-state index contributed by atoms with van der Waals surface area (Å²) in [7, 11) is -3.57. The van der Waals surface area contributed by atoms with E-state index in [0.29, 0.717) is 35.2 Å². The van der Waals surface area contributed by atoms with Crippen LogP contribution in [-0.4, -0.2) is 42.6 Å². The molecule has 3 aromatic rings. The highest BCUT2D eigenvalue weighted by molar-refractivity contribution is 7.89. The Hall–Kier alpha value is -3.08. The van der Waals surface area contributed by atoms with Crippen LogP contribution in [0.2, 0.25) is 0 Å². The number of carbonyl (C=O) groups excluding carboxylic acids is 2. The molecule has 0 atom stereocenters. The molecule has 8 nitrogen and oxygen atoms in total. The fraction of sp³-hybridized carbons (Fsp3) is 0.227. The van der Waals surface area contributed by atoms with Crippen LogP contribution in [0.4, 0.5) is 10.8 Å². The van der Waals surface area contributed by atoms with E-state index >= 15 is 0 Å². The van der Waals surface area contributed by atoms with Gasteiger partial charge in [-0.2, -0.15) is 4.31 Å². The minimum Gasteiger partial charge on any atom is -0.326 e. The van der Waals surface area contributed by atoms with Crippen molar-refractivity contribution in [3.05, 3.63) is 59.5 Å². The van der Waals surface area contributed by atoms with Crippen molar-refractivity contribution in [2.45, 2.75) is 25.7 Å². The second-order valence-corrected chi connectivity index (χ2v) is 9.66. The summed E-state index contributed by atoms with van der Waals surface area (Å²) in [6.07, 6.45) is 0. The van der Waals surface area contributed by atoms with E-state index in [4.69, 9.17) is 0 Å². The summed E-state index contributed by atoms with van der Waals surface area (Å²) in [6.45, 7) is 5.76. The van der Waals surface area contributed by atoms with Crippen molar-refractivity contribution in [3.63, 3.8) is 0 Å². The van der Waals surface area contributed by atoms with Gasteiger partial charge in [0.1, 0.15) is 0 Å². The van der Waals surface area contributed by atoms with Gasteiger partial charge in [0.25, 0.3) is 5.91 Å². The lowest BCUT2D eigenvalue weighted by Crippen LogP contribution is -2.30. The standard InChI is InChI=1S/C22H24N4O4S2/c1-4-26(5-2)32(29,30)19-12-8-17(9-13-19)21(28)25-22-24-20(14-31-22)16-6-10-18(11-7-16)23-15(3)27/h6-14H,4-5H2,1-3H3,(H,23,27)(H,24,25,28). The molecule has 1 aromatic heterocycles. The van der Waals surface area contributed by atoms with Crippen LogP contribution in [0.15, 0.2) is 58.8 Å². The van der Waals surface area contributed by atoms with E-state index in [1.54, 1.807) is 26.0 Å². The average Bonchev–Trinajstić information content (AvgIpc) is 3.23. The highest BCUT2D eigenvalue weighted by Gasteiger charge is 2.21. The van der Waals surface area contributed by atoms with Gasteiger partial charge in [-0.25, -0.2) is 13.4 Å². The van der Waals surface area contributed by atoms with Gasteiger partial charge in [0.2, 0.25) is 15.9 Å². The highest BCUT2D eigenvalue weighted by Crippen LogP contribution is 2.26. The molecule has 0 saturated heterocycles. The zero-order chi connectivity index (χ0) is 23.3. The molecule has 0 aliphatic carbocycles. The largest absolute Gasteiger partial charge is 0.326 e. The second kappa shape index (κ2) is 10.0. The predicted molar refractivity (Wildman–Crippen MR) is 126 cm³/mol. The van der Waals surface area contributed by atoms with E-state index < -0.39 is 10.0 Å². The summed E-state index contributed by atoms with van der Waals surface area (Å²) in [5.41, 5.74) is 2.57. The summed E-state index contributed by atoms with van der Waals surface area (Å²) in [4.78, 5) is 28.3. The van der Waals surface area contributed by atoms with Gasteiger partial charge in [0.15, 0.2) is 5.13 Å². The van der Waals surface area contributed by atoms with Crippen LogP contribution < -0.4 is 10.6 Å². The van der Waals surface area contributed by atoms with Gasteiger partial charge in [-0.1, -0.05) is 26.0 Å². The predicted octanol–water partition coefficient (Wildman–Crippen LogP) is 4.05. The molecule has 2 aromatic carbocycles. The number of hydrogen-bond acceptors (Lipinski definition) is 6. The maximum atomic E-state index is 12.6. The number of hydrogen-bond donors (Lipinski definition) is 2. The third kappa shape index (κ3) is 5.39. The molecule has 3 rings (SSSR count). The first-order chi connectivity index (χ1) is 15.2. The zero-order valence-electron chi connectivity index (χ0n) is 18.0. The number of amides is 2. The number of carbonyl (C=O) groups is 2. The third-order valence-corrected chi connectivity index (χ3v) is 7.51. The Morgan fingerprint density at radius 3 is 2.16 bits per heavy atom. The van der Waals surface area contributed by atoms with E-state index in [1.165, 1.54) is 46.8 Å². The Morgan fingerprint density at radius 1 is 0.969 bits per heavy atom. The monoisotopic (exact) mass is 472 g/mol. The zero-order valence-corrected chi connectivity index (χ0v) is 19.6. The third-order valence-electron chi connectivity index (χ3n) is 4.69. The number of nitrogens with one attached hydrogen (secondary N) is 2. The number of anilines is 2. The number of aromatic nitrogens is 1. The van der Waals surface area contributed by atoms with Gasteiger partial charge in [0.05, 0.1) is 10.6 Å². The van der Waals surface area contributed by atoms with Crippen LogP contribution >= 0.6 is 11.3 Å². The molecule has 0 spiro atoms. The molecule has 0 bridgehead atoms. The first-order valence-electron chi connectivity index (χ1n) is 9.99. The summed E-state index contributed by atoms with van der Waals surface area (Å²) in [5, 5.41) is 7.69. The van der Waals surface area contributed by atoms with Gasteiger partial charge in [-0.15, -0.1) is 11.3 Å². The lowest BCUT2D eigenvalue weighted by molar-refractivity contribution is -0.114. The lowest BCUT2D eigenvalue weighted by Gasteiger charge is -2.18. The maximum absolute atomic E-state index is 12.6. The number of thiazole rings is 1. The fourth-order valence-electron chi connectivity index (χ4n) is 3.05. The normalized spacial score (nSPS) is 11.4. The Balaban J connectivity index is 1.69. The van der Waals surface area contributed by atoms with E-state index in [1.807, 2.05) is 17.5 Å². The van der Waals surface area contributed by atoms with Crippen molar-refractivity contribution in [3.8, 4) is 11.3 Å². The minimum atomic E-state index is -3.57. The molecular formula is C22H24N4O4S2. The molecule has 0 radical (unpaired) electrons. The Bertz CT molecular complexity index is 1200. The molecule has 32 heavy (non-hydrogen) atoms. The number of sulfonamides is 1. The van der Waals surface area contributed by atoms with Crippen molar-refractivity contribution >= 4 is 44.0 Å². The van der Waals surface area contributed by atoms with Crippen LogP contribution in [0, 0.1) is 0 Å². The van der Waals surface area contributed by atoms with Gasteiger partial charge in [-0.3, -0.25) is 14.9 Å². The van der Waals surface area contributed by atoms with Gasteiger partial charge >= 0.3 is 0 Å². The van der Waals surface area contributed by atoms with E-state index in [2.05, 4.69) is 15.6 Å². The molecule has 0 fully saturated rings. The van der Waals surface area contributed by atoms with Crippen molar-refractivity contribution in [1.82, 2.24) is 9.29 Å². The van der Waals surface area contributed by atoms with Crippen molar-refractivity contribution in [1.29, 1.82) is 0 Å². The SMILES string of the molecule is CCN(CC)S(=O)(=O)c1ccc(C(=O)Nc2nc(-c3ccc(NC(C)=O)cc3)cs2)cc1. The maximum Gasteiger partial charge on any atom is 0.257 e. The van der Waals surface area contributed by atoms with Gasteiger partial charge < -0.3 is 5.32 Å². The van der Waals surface area contributed by atoms with Crippen LogP contribution in [0.1, 0.15) is 31.1 Å². The molecule has 0 unspecified atom stereocenters. The van der Waals surface area contributed by atoms with E-state index in [-0.39, 0.29) is 16.7 Å². The first kappa shape index (κ1) is 23.6. The molecule has 10 heteroatoms. The molecule has 2 N–H and O–H groups in total. The summed E-state index contributed by atoms with van der Waals surface area (Å²) < 4.78 is 26.5. The molecule has 0 aliphatic rings. The van der Waals surface area contributed by atoms with E-state index in [9.17, 15) is 18.0 Å². The molecule has 0 aliphatic heterocycles. The summed E-state index contributed by atoms with van der Waals surface area (Å²) >= 11 is 1.28. The molecule has 0 saturated carbocycles. The van der Waals surface area contributed by atoms with Crippen molar-refractivity contribution in [2.75, 3.05) is 23.7 Å². The van der Waals surface area contributed by atoms with E-state index in [0.717, 1.165) is 5.56 Å². The minimum absolute atomic E-state index is 0.143. The molecule has 168 valence electrons. The lowest BCUT2D eigenvalue weighted by atomic mass is 10.1. The molecule has 1 heterocycles.